The van der Waals surface area contributed by atoms with Crippen LogP contribution in [-0.2, 0) is 4.79 Å². The molecule has 3 aromatic rings. The Morgan fingerprint density at radius 2 is 2.17 bits per heavy atom. The standard InChI is InChI=1S/C21H27N7O/c1-4-16-10-15(9-14(3)28(16)12-29)23-21-17-6-5-7-22-18(17)11-19(25-21)24-20-8-13(2)26-27-20/h5-8,11-12,14-16H,4,9-10H2,1-3H3,(H3,23,24,25,26,27)/t14-,15-,16+/m1/s1. The molecule has 0 radical (unpaired) electrons. The normalized spacial score (nSPS) is 21.9. The predicted octanol–water partition coefficient (Wildman–Crippen LogP) is 3.60. The first-order valence-corrected chi connectivity index (χ1v) is 10.1. The number of fused-ring (bicyclic) bond motifs is 1. The minimum Gasteiger partial charge on any atom is -0.367 e. The first-order valence-electron chi connectivity index (χ1n) is 10.1. The van der Waals surface area contributed by atoms with E-state index in [9.17, 15) is 4.79 Å². The molecule has 3 N–H and O–H groups in total. The lowest BCUT2D eigenvalue weighted by atomic mass is 9.91. The molecule has 0 aromatic carbocycles. The average Bonchev–Trinajstić information content (AvgIpc) is 3.12. The van der Waals surface area contributed by atoms with Gasteiger partial charge in [-0.05, 0) is 45.2 Å². The van der Waals surface area contributed by atoms with Gasteiger partial charge in [-0.1, -0.05) is 6.92 Å². The molecule has 1 amide bonds. The van der Waals surface area contributed by atoms with E-state index in [4.69, 9.17) is 4.98 Å². The maximum absolute atomic E-state index is 11.5. The number of likely N-dealkylation sites (tertiary alicyclic amines) is 1. The van der Waals surface area contributed by atoms with Crippen LogP contribution in [0.5, 0.6) is 0 Å². The van der Waals surface area contributed by atoms with Gasteiger partial charge in [0.15, 0.2) is 5.82 Å². The van der Waals surface area contributed by atoms with Gasteiger partial charge in [0.2, 0.25) is 6.41 Å². The molecule has 1 saturated heterocycles. The molecule has 29 heavy (non-hydrogen) atoms. The number of pyridine rings is 2. The number of carbonyl (C=O) groups is 1. The van der Waals surface area contributed by atoms with Crippen molar-refractivity contribution in [1.82, 2.24) is 25.1 Å². The average molecular weight is 393 g/mol. The number of aryl methyl sites for hydroxylation is 1. The summed E-state index contributed by atoms with van der Waals surface area (Å²) in [6.45, 7) is 6.19. The molecule has 3 aromatic heterocycles. The van der Waals surface area contributed by atoms with Crippen molar-refractivity contribution in [3.05, 3.63) is 36.2 Å². The number of aromatic nitrogens is 4. The van der Waals surface area contributed by atoms with Gasteiger partial charge in [0, 0.05) is 47.5 Å². The van der Waals surface area contributed by atoms with Gasteiger partial charge in [0.1, 0.15) is 11.6 Å². The molecule has 1 aliphatic rings. The predicted molar refractivity (Wildman–Crippen MR) is 114 cm³/mol. The third kappa shape index (κ3) is 4.01. The van der Waals surface area contributed by atoms with E-state index >= 15 is 0 Å². The van der Waals surface area contributed by atoms with Crippen LogP contribution in [0.2, 0.25) is 0 Å². The molecule has 152 valence electrons. The Bertz CT molecular complexity index is 1000. The number of H-pyrrole nitrogens is 1. The number of hydrogen-bond acceptors (Lipinski definition) is 6. The Morgan fingerprint density at radius 1 is 1.31 bits per heavy atom. The highest BCUT2D eigenvalue weighted by Gasteiger charge is 2.31. The maximum Gasteiger partial charge on any atom is 0.210 e. The summed E-state index contributed by atoms with van der Waals surface area (Å²) in [6.07, 6.45) is 5.50. The van der Waals surface area contributed by atoms with Crippen LogP contribution in [0.3, 0.4) is 0 Å². The van der Waals surface area contributed by atoms with Gasteiger partial charge in [-0.25, -0.2) is 4.98 Å². The highest BCUT2D eigenvalue weighted by molar-refractivity contribution is 5.91. The molecule has 0 saturated carbocycles. The largest absolute Gasteiger partial charge is 0.367 e. The Hall–Kier alpha value is -3.16. The van der Waals surface area contributed by atoms with Gasteiger partial charge in [-0.15, -0.1) is 0 Å². The van der Waals surface area contributed by atoms with E-state index in [1.807, 2.05) is 36.1 Å². The van der Waals surface area contributed by atoms with E-state index in [0.29, 0.717) is 5.82 Å². The van der Waals surface area contributed by atoms with Crippen LogP contribution in [0, 0.1) is 6.92 Å². The summed E-state index contributed by atoms with van der Waals surface area (Å²) < 4.78 is 0. The topological polar surface area (TPSA) is 98.8 Å². The van der Waals surface area contributed by atoms with Crippen molar-refractivity contribution in [3.63, 3.8) is 0 Å². The monoisotopic (exact) mass is 393 g/mol. The summed E-state index contributed by atoms with van der Waals surface area (Å²) in [7, 11) is 0. The molecule has 1 aliphatic heterocycles. The minimum absolute atomic E-state index is 0.196. The lowest BCUT2D eigenvalue weighted by molar-refractivity contribution is -0.124. The van der Waals surface area contributed by atoms with Crippen LogP contribution in [0.4, 0.5) is 17.5 Å². The van der Waals surface area contributed by atoms with Crippen LogP contribution in [0.1, 0.15) is 38.8 Å². The van der Waals surface area contributed by atoms with Crippen LogP contribution < -0.4 is 10.6 Å². The second-order valence-electron chi connectivity index (χ2n) is 7.76. The lowest BCUT2D eigenvalue weighted by Gasteiger charge is -2.42. The fraction of sp³-hybridized carbons (Fsp3) is 0.429. The Morgan fingerprint density at radius 3 is 2.90 bits per heavy atom. The number of piperidine rings is 1. The Balaban J connectivity index is 1.63. The zero-order valence-electron chi connectivity index (χ0n) is 17.0. The number of carbonyl (C=O) groups excluding carboxylic acids is 1. The molecule has 0 spiro atoms. The van der Waals surface area contributed by atoms with Crippen molar-refractivity contribution in [2.24, 2.45) is 0 Å². The summed E-state index contributed by atoms with van der Waals surface area (Å²) >= 11 is 0. The van der Waals surface area contributed by atoms with Crippen LogP contribution in [-0.4, -0.2) is 49.6 Å². The molecule has 8 nitrogen and oxygen atoms in total. The van der Waals surface area contributed by atoms with Gasteiger partial charge < -0.3 is 15.5 Å². The smallest absolute Gasteiger partial charge is 0.210 e. The summed E-state index contributed by atoms with van der Waals surface area (Å²) in [5.74, 6) is 2.21. The van der Waals surface area contributed by atoms with E-state index in [-0.39, 0.29) is 18.1 Å². The summed E-state index contributed by atoms with van der Waals surface area (Å²) in [5.41, 5.74) is 1.84. The van der Waals surface area contributed by atoms with Crippen molar-refractivity contribution in [2.75, 3.05) is 10.6 Å². The fourth-order valence-electron chi connectivity index (χ4n) is 4.18. The molecule has 0 bridgehead atoms. The number of nitrogens with one attached hydrogen (secondary N) is 3. The van der Waals surface area contributed by atoms with Gasteiger partial charge >= 0.3 is 0 Å². The third-order valence-electron chi connectivity index (χ3n) is 5.61. The summed E-state index contributed by atoms with van der Waals surface area (Å²) in [6, 6.07) is 8.49. The van der Waals surface area contributed by atoms with E-state index in [1.54, 1.807) is 6.20 Å². The van der Waals surface area contributed by atoms with E-state index < -0.39 is 0 Å². The van der Waals surface area contributed by atoms with Crippen molar-refractivity contribution < 1.29 is 4.79 Å². The molecule has 0 unspecified atom stereocenters. The number of nitrogens with zero attached hydrogens (tertiary/aromatic N) is 4. The van der Waals surface area contributed by atoms with E-state index in [0.717, 1.165) is 53.9 Å². The molecule has 3 atom stereocenters. The summed E-state index contributed by atoms with van der Waals surface area (Å²) in [4.78, 5) is 22.7. The number of aromatic amines is 1. The number of rotatable bonds is 6. The quantitative estimate of drug-likeness (QED) is 0.554. The highest BCUT2D eigenvalue weighted by Crippen LogP contribution is 2.30. The first kappa shape index (κ1) is 19.2. The van der Waals surface area contributed by atoms with Crippen LogP contribution >= 0.6 is 0 Å². The molecule has 4 rings (SSSR count). The van der Waals surface area contributed by atoms with Gasteiger partial charge in [-0.3, -0.25) is 14.9 Å². The highest BCUT2D eigenvalue weighted by atomic mass is 16.1. The Labute approximate surface area is 170 Å². The van der Waals surface area contributed by atoms with Crippen LogP contribution in [0.25, 0.3) is 10.9 Å². The molecule has 1 fully saturated rings. The molecule has 4 heterocycles. The molecular formula is C21H27N7O. The van der Waals surface area contributed by atoms with Gasteiger partial charge in [0.25, 0.3) is 0 Å². The van der Waals surface area contributed by atoms with Crippen molar-refractivity contribution in [3.8, 4) is 0 Å². The fourth-order valence-corrected chi connectivity index (χ4v) is 4.18. The minimum atomic E-state index is 0.196. The second-order valence-corrected chi connectivity index (χ2v) is 7.76. The van der Waals surface area contributed by atoms with E-state index in [1.165, 1.54) is 0 Å². The first-order chi connectivity index (χ1) is 14.1. The second kappa shape index (κ2) is 8.06. The summed E-state index contributed by atoms with van der Waals surface area (Å²) in [5, 5.41) is 15.0. The lowest BCUT2D eigenvalue weighted by Crippen LogP contribution is -2.50. The van der Waals surface area contributed by atoms with Gasteiger partial charge in [0.05, 0.1) is 5.52 Å². The molecule has 0 aliphatic carbocycles. The van der Waals surface area contributed by atoms with Crippen molar-refractivity contribution in [1.29, 1.82) is 0 Å². The third-order valence-corrected chi connectivity index (χ3v) is 5.61. The zero-order valence-corrected chi connectivity index (χ0v) is 17.0. The molecule has 8 heteroatoms. The number of amides is 1. The number of anilines is 3. The number of hydrogen-bond donors (Lipinski definition) is 3. The van der Waals surface area contributed by atoms with Crippen LogP contribution in [0.15, 0.2) is 30.5 Å². The van der Waals surface area contributed by atoms with Crippen molar-refractivity contribution >= 4 is 34.8 Å². The molecular weight excluding hydrogens is 366 g/mol. The van der Waals surface area contributed by atoms with Gasteiger partial charge in [-0.2, -0.15) is 5.10 Å². The Kier molecular flexibility index (Phi) is 5.33. The van der Waals surface area contributed by atoms with E-state index in [2.05, 4.69) is 39.7 Å². The zero-order chi connectivity index (χ0) is 20.4. The maximum atomic E-state index is 11.5. The van der Waals surface area contributed by atoms with Crippen molar-refractivity contribution in [2.45, 2.75) is 58.2 Å². The SMILES string of the molecule is CC[C@H]1C[C@H](Nc2nc(Nc3cc(C)[nH]n3)cc3ncccc23)C[C@@H](C)N1C=O.